The van der Waals surface area contributed by atoms with Crippen LogP contribution in [0.2, 0.25) is 0 Å². The number of aromatic nitrogens is 2. The third kappa shape index (κ3) is 3.70. The molecule has 0 saturated heterocycles. The van der Waals surface area contributed by atoms with Crippen LogP contribution in [-0.2, 0) is 11.0 Å². The Morgan fingerprint density at radius 1 is 1.36 bits per heavy atom. The van der Waals surface area contributed by atoms with Crippen LogP contribution in [0.1, 0.15) is 16.2 Å². The molecule has 2 aromatic rings. The Balaban J connectivity index is 2.10. The average molecular weight is 313 g/mol. The van der Waals surface area contributed by atoms with Crippen LogP contribution in [0.15, 0.2) is 41.4 Å². The lowest BCUT2D eigenvalue weighted by Crippen LogP contribution is -2.23. The van der Waals surface area contributed by atoms with Gasteiger partial charge in [0.2, 0.25) is 5.82 Å². The summed E-state index contributed by atoms with van der Waals surface area (Å²) in [7, 11) is 0. The van der Waals surface area contributed by atoms with Gasteiger partial charge in [-0.3, -0.25) is 9.63 Å². The molecule has 0 spiro atoms. The van der Waals surface area contributed by atoms with Gasteiger partial charge in [0.1, 0.15) is 0 Å². The molecule has 1 heterocycles. The normalized spacial score (nSPS) is 11.2. The van der Waals surface area contributed by atoms with E-state index in [9.17, 15) is 18.0 Å². The van der Waals surface area contributed by atoms with E-state index in [1.54, 1.807) is 0 Å². The van der Waals surface area contributed by atoms with E-state index in [1.165, 1.54) is 30.3 Å². The fraction of sp³-hybridized carbons (Fsp3) is 0.154. The molecule has 0 radical (unpaired) electrons. The smallest absolute Gasteiger partial charge is 0.329 e. The van der Waals surface area contributed by atoms with Gasteiger partial charge in [-0.05, 0) is 12.1 Å². The molecule has 0 aliphatic heterocycles. The molecule has 116 valence electrons. The van der Waals surface area contributed by atoms with Crippen LogP contribution in [0.3, 0.4) is 0 Å². The van der Waals surface area contributed by atoms with E-state index < -0.39 is 18.0 Å². The Kier molecular flexibility index (Phi) is 4.56. The summed E-state index contributed by atoms with van der Waals surface area (Å²) in [5.74, 6) is -2.15. The highest BCUT2D eigenvalue weighted by Gasteiger charge is 2.38. The fourth-order valence-corrected chi connectivity index (χ4v) is 1.45. The van der Waals surface area contributed by atoms with Crippen molar-refractivity contribution >= 4 is 5.91 Å². The second-order valence-corrected chi connectivity index (χ2v) is 4.03. The molecule has 0 atom stereocenters. The summed E-state index contributed by atoms with van der Waals surface area (Å²) in [6.45, 7) is 3.56. The zero-order valence-electron chi connectivity index (χ0n) is 11.1. The molecule has 0 aliphatic rings. The minimum absolute atomic E-state index is 0.146. The number of hydroxylamine groups is 1. The zero-order valence-corrected chi connectivity index (χ0v) is 11.1. The van der Waals surface area contributed by atoms with E-state index >= 15 is 0 Å². The van der Waals surface area contributed by atoms with Gasteiger partial charge in [0.05, 0.1) is 6.61 Å². The largest absolute Gasteiger partial charge is 0.471 e. The first-order chi connectivity index (χ1) is 10.4. The second-order valence-electron chi connectivity index (χ2n) is 4.03. The molecule has 0 bridgehead atoms. The van der Waals surface area contributed by atoms with Crippen molar-refractivity contribution < 1.29 is 27.3 Å². The molecule has 0 saturated carbocycles. The highest BCUT2D eigenvalue weighted by Crippen LogP contribution is 2.29. The van der Waals surface area contributed by atoms with Crippen LogP contribution in [0.5, 0.6) is 0 Å². The molecule has 1 amide bonds. The molecule has 0 unspecified atom stereocenters. The quantitative estimate of drug-likeness (QED) is 0.521. The summed E-state index contributed by atoms with van der Waals surface area (Å²) in [6, 6.07) is 5.58. The first-order valence-electron chi connectivity index (χ1n) is 5.96. The lowest BCUT2D eigenvalue weighted by Gasteiger charge is -2.04. The van der Waals surface area contributed by atoms with Crippen molar-refractivity contribution in [1.29, 1.82) is 0 Å². The summed E-state index contributed by atoms with van der Waals surface area (Å²) in [4.78, 5) is 19.7. The van der Waals surface area contributed by atoms with Crippen LogP contribution < -0.4 is 5.48 Å². The number of nitrogens with one attached hydrogen (secondary N) is 1. The standard InChI is InChI=1S/C13H10F3N3O3/c1-2-7-21-19-11(20)9-5-3-8(4-6-9)10-17-12(22-18-10)13(14,15)16/h2-6H,1,7H2,(H,19,20). The fourth-order valence-electron chi connectivity index (χ4n) is 1.45. The topological polar surface area (TPSA) is 77.2 Å². The first kappa shape index (κ1) is 15.7. The Morgan fingerprint density at radius 2 is 2.05 bits per heavy atom. The lowest BCUT2D eigenvalue weighted by atomic mass is 10.1. The highest BCUT2D eigenvalue weighted by molar-refractivity contribution is 5.93. The molecule has 0 aliphatic carbocycles. The van der Waals surface area contributed by atoms with Gasteiger partial charge in [0.25, 0.3) is 5.91 Å². The predicted molar refractivity (Wildman–Crippen MR) is 68.4 cm³/mol. The van der Waals surface area contributed by atoms with E-state index in [4.69, 9.17) is 4.84 Å². The lowest BCUT2D eigenvalue weighted by molar-refractivity contribution is -0.159. The molecule has 1 aromatic carbocycles. The number of hydrogen-bond donors (Lipinski definition) is 1. The second kappa shape index (κ2) is 6.39. The number of carbonyl (C=O) groups is 1. The SMILES string of the molecule is C=CCONC(=O)c1ccc(-c2noc(C(F)(F)F)n2)cc1. The molecule has 2 rings (SSSR count). The molecule has 1 aromatic heterocycles. The third-order valence-electron chi connectivity index (χ3n) is 2.44. The van der Waals surface area contributed by atoms with Crippen LogP contribution >= 0.6 is 0 Å². The Morgan fingerprint density at radius 3 is 2.59 bits per heavy atom. The third-order valence-corrected chi connectivity index (χ3v) is 2.44. The molecule has 0 fully saturated rings. The molecule has 6 nitrogen and oxygen atoms in total. The van der Waals surface area contributed by atoms with Gasteiger partial charge in [-0.1, -0.05) is 23.4 Å². The first-order valence-corrected chi connectivity index (χ1v) is 5.96. The minimum atomic E-state index is -4.70. The number of nitrogens with zero attached hydrogens (tertiary/aromatic N) is 2. The highest BCUT2D eigenvalue weighted by atomic mass is 19.4. The van der Waals surface area contributed by atoms with Crippen LogP contribution in [-0.4, -0.2) is 22.7 Å². The number of hydrogen-bond acceptors (Lipinski definition) is 5. The summed E-state index contributed by atoms with van der Waals surface area (Å²) < 4.78 is 41.2. The van der Waals surface area contributed by atoms with Crippen molar-refractivity contribution in [2.75, 3.05) is 6.61 Å². The summed E-state index contributed by atoms with van der Waals surface area (Å²) >= 11 is 0. The van der Waals surface area contributed by atoms with Crippen molar-refractivity contribution in [3.63, 3.8) is 0 Å². The van der Waals surface area contributed by atoms with Gasteiger partial charge in [-0.2, -0.15) is 18.2 Å². The number of carbonyl (C=O) groups excluding carboxylic acids is 1. The maximum absolute atomic E-state index is 12.4. The van der Waals surface area contributed by atoms with Crippen molar-refractivity contribution in [3.8, 4) is 11.4 Å². The van der Waals surface area contributed by atoms with E-state index in [1.807, 2.05) is 0 Å². The average Bonchev–Trinajstić information content (AvgIpc) is 2.97. The van der Waals surface area contributed by atoms with Crippen molar-refractivity contribution in [1.82, 2.24) is 15.6 Å². The maximum Gasteiger partial charge on any atom is 0.471 e. The Hall–Kier alpha value is -2.68. The van der Waals surface area contributed by atoms with Gasteiger partial charge in [0.15, 0.2) is 0 Å². The summed E-state index contributed by atoms with van der Waals surface area (Å²) in [5, 5.41) is 3.25. The van der Waals surface area contributed by atoms with E-state index in [0.29, 0.717) is 0 Å². The number of alkyl halides is 3. The number of rotatable bonds is 5. The van der Waals surface area contributed by atoms with Crippen LogP contribution in [0, 0.1) is 0 Å². The van der Waals surface area contributed by atoms with Gasteiger partial charge in [0, 0.05) is 11.1 Å². The summed E-state index contributed by atoms with van der Waals surface area (Å²) in [6.07, 6.45) is -3.24. The molecule has 22 heavy (non-hydrogen) atoms. The number of halogens is 3. The van der Waals surface area contributed by atoms with E-state index in [-0.39, 0.29) is 23.6 Å². The molecule has 1 N–H and O–H groups in total. The van der Waals surface area contributed by atoms with Gasteiger partial charge >= 0.3 is 12.1 Å². The van der Waals surface area contributed by atoms with E-state index in [0.717, 1.165) is 0 Å². The van der Waals surface area contributed by atoms with Crippen LogP contribution in [0.25, 0.3) is 11.4 Å². The van der Waals surface area contributed by atoms with Crippen molar-refractivity contribution in [2.45, 2.75) is 6.18 Å². The van der Waals surface area contributed by atoms with Crippen molar-refractivity contribution in [2.24, 2.45) is 0 Å². The van der Waals surface area contributed by atoms with E-state index in [2.05, 4.69) is 26.7 Å². The predicted octanol–water partition coefficient (Wildman–Crippen LogP) is 2.60. The molecular formula is C13H10F3N3O3. The van der Waals surface area contributed by atoms with Gasteiger partial charge in [-0.25, -0.2) is 5.48 Å². The molecule has 9 heteroatoms. The van der Waals surface area contributed by atoms with Crippen molar-refractivity contribution in [3.05, 3.63) is 48.4 Å². The zero-order chi connectivity index (χ0) is 16.2. The number of amides is 1. The monoisotopic (exact) mass is 313 g/mol. The minimum Gasteiger partial charge on any atom is -0.329 e. The summed E-state index contributed by atoms with van der Waals surface area (Å²) in [5.41, 5.74) is 2.71. The Labute approximate surface area is 122 Å². The number of benzene rings is 1. The molecular weight excluding hydrogens is 303 g/mol. The van der Waals surface area contributed by atoms with Gasteiger partial charge in [-0.15, -0.1) is 6.58 Å². The van der Waals surface area contributed by atoms with Crippen LogP contribution in [0.4, 0.5) is 13.2 Å². The Bertz CT molecular complexity index is 665. The van der Waals surface area contributed by atoms with Gasteiger partial charge < -0.3 is 4.52 Å². The maximum atomic E-state index is 12.4.